The van der Waals surface area contributed by atoms with Crippen LogP contribution in [-0.2, 0) is 4.79 Å². The van der Waals surface area contributed by atoms with E-state index in [2.05, 4.69) is 25.6 Å². The number of pyridine rings is 1. The molecule has 2 heterocycles. The van der Waals surface area contributed by atoms with Crippen molar-refractivity contribution in [3.8, 4) is 11.5 Å². The molecule has 0 saturated heterocycles. The lowest BCUT2D eigenvalue weighted by Crippen LogP contribution is -2.32. The van der Waals surface area contributed by atoms with Gasteiger partial charge in [-0.25, -0.2) is 9.97 Å². The van der Waals surface area contributed by atoms with Gasteiger partial charge in [-0.15, -0.1) is 0 Å². The zero-order valence-electron chi connectivity index (χ0n) is 19.8. The van der Waals surface area contributed by atoms with E-state index in [1.54, 1.807) is 6.20 Å². The number of carbonyl (C=O) groups excluding carboxylic acids is 1. The topological polar surface area (TPSA) is 109 Å². The average molecular weight is 470 g/mol. The van der Waals surface area contributed by atoms with Gasteiger partial charge in [-0.1, -0.05) is 18.2 Å². The number of nitrogens with one attached hydrogen (secondary N) is 2. The van der Waals surface area contributed by atoms with Crippen molar-refractivity contribution in [2.75, 3.05) is 11.9 Å². The second-order valence-electron chi connectivity index (χ2n) is 8.16. The number of benzene rings is 2. The van der Waals surface area contributed by atoms with Crippen LogP contribution in [0.5, 0.6) is 11.5 Å². The molecule has 0 spiro atoms. The molecule has 0 unspecified atom stereocenters. The summed E-state index contributed by atoms with van der Waals surface area (Å²) in [5.74, 6) is 1.72. The van der Waals surface area contributed by atoms with Gasteiger partial charge in [0.25, 0.3) is 0 Å². The molecule has 0 aliphatic rings. The zero-order chi connectivity index (χ0) is 24.8. The van der Waals surface area contributed by atoms with E-state index < -0.39 is 12.0 Å². The summed E-state index contributed by atoms with van der Waals surface area (Å²) in [6, 6.07) is 15.5. The van der Waals surface area contributed by atoms with Gasteiger partial charge in [0.05, 0.1) is 11.7 Å². The van der Waals surface area contributed by atoms with Crippen LogP contribution in [-0.4, -0.2) is 38.6 Å². The van der Waals surface area contributed by atoms with Gasteiger partial charge < -0.3 is 20.5 Å². The number of ether oxygens (including phenoxy) is 1. The molecule has 4 rings (SSSR count). The van der Waals surface area contributed by atoms with Gasteiger partial charge in [-0.05, 0) is 74.4 Å². The van der Waals surface area contributed by atoms with Crippen molar-refractivity contribution < 1.29 is 14.6 Å². The predicted molar refractivity (Wildman–Crippen MR) is 137 cm³/mol. The Kier molecular flexibility index (Phi) is 7.32. The third kappa shape index (κ3) is 6.18. The predicted octanol–water partition coefficient (Wildman–Crippen LogP) is 4.69. The number of aryl methyl sites for hydroxylation is 2. The van der Waals surface area contributed by atoms with E-state index in [1.165, 1.54) is 13.3 Å². The second-order valence-corrected chi connectivity index (χ2v) is 8.16. The molecule has 2 aromatic carbocycles. The SMILES string of the molecule is Cc1ccc(Oc2ccc(Nc3ncnc4ccc(/C=C/CNC(=O)[C@H](C)O)cc34)cc2C)cn1. The van der Waals surface area contributed by atoms with Crippen LogP contribution in [0.15, 0.2) is 67.1 Å². The van der Waals surface area contributed by atoms with Crippen LogP contribution >= 0.6 is 0 Å². The monoisotopic (exact) mass is 469 g/mol. The molecular weight excluding hydrogens is 442 g/mol. The molecule has 8 heteroatoms. The lowest BCUT2D eigenvalue weighted by molar-refractivity contribution is -0.128. The maximum atomic E-state index is 11.5. The van der Waals surface area contributed by atoms with Gasteiger partial charge >= 0.3 is 0 Å². The molecule has 0 aliphatic carbocycles. The van der Waals surface area contributed by atoms with Crippen LogP contribution in [0, 0.1) is 13.8 Å². The largest absolute Gasteiger partial charge is 0.455 e. The summed E-state index contributed by atoms with van der Waals surface area (Å²) in [6.07, 6.45) is 5.93. The summed E-state index contributed by atoms with van der Waals surface area (Å²) in [5.41, 5.74) is 4.53. The number of aliphatic hydroxyl groups excluding tert-OH is 1. The molecule has 3 N–H and O–H groups in total. The van der Waals surface area contributed by atoms with Crippen LogP contribution in [0.1, 0.15) is 23.7 Å². The minimum absolute atomic E-state index is 0.324. The zero-order valence-corrected chi connectivity index (χ0v) is 19.8. The fourth-order valence-electron chi connectivity index (χ4n) is 3.40. The molecule has 0 fully saturated rings. The number of aliphatic hydroxyl groups is 1. The van der Waals surface area contributed by atoms with Crippen LogP contribution in [0.4, 0.5) is 11.5 Å². The number of rotatable bonds is 8. The van der Waals surface area contributed by atoms with Crippen LogP contribution in [0.3, 0.4) is 0 Å². The molecule has 0 bridgehead atoms. The van der Waals surface area contributed by atoms with Crippen molar-refractivity contribution in [1.82, 2.24) is 20.3 Å². The maximum absolute atomic E-state index is 11.5. The minimum atomic E-state index is -1.03. The Bertz CT molecular complexity index is 1370. The number of fused-ring (bicyclic) bond motifs is 1. The Morgan fingerprint density at radius 1 is 1.09 bits per heavy atom. The normalized spacial score (nSPS) is 12.0. The Morgan fingerprint density at radius 3 is 2.69 bits per heavy atom. The van der Waals surface area contributed by atoms with E-state index in [1.807, 2.05) is 74.5 Å². The molecule has 8 nitrogen and oxygen atoms in total. The first-order chi connectivity index (χ1) is 16.9. The summed E-state index contributed by atoms with van der Waals surface area (Å²) in [4.78, 5) is 24.5. The highest BCUT2D eigenvalue weighted by Gasteiger charge is 2.08. The van der Waals surface area contributed by atoms with Crippen molar-refractivity contribution in [2.24, 2.45) is 0 Å². The van der Waals surface area contributed by atoms with E-state index in [0.29, 0.717) is 18.1 Å². The lowest BCUT2D eigenvalue weighted by atomic mass is 10.1. The van der Waals surface area contributed by atoms with E-state index in [0.717, 1.165) is 39.2 Å². The van der Waals surface area contributed by atoms with Crippen LogP contribution in [0.25, 0.3) is 17.0 Å². The number of aromatic nitrogens is 3. The van der Waals surface area contributed by atoms with Gasteiger partial charge in [0.2, 0.25) is 5.91 Å². The first kappa shape index (κ1) is 23.8. The molecule has 0 aliphatic heterocycles. The van der Waals surface area contributed by atoms with Crippen molar-refractivity contribution in [3.63, 3.8) is 0 Å². The fraction of sp³-hybridized carbons (Fsp3) is 0.185. The number of amides is 1. The highest BCUT2D eigenvalue weighted by molar-refractivity contribution is 5.92. The minimum Gasteiger partial charge on any atom is -0.455 e. The Morgan fingerprint density at radius 2 is 1.94 bits per heavy atom. The van der Waals surface area contributed by atoms with Crippen LogP contribution in [0.2, 0.25) is 0 Å². The van der Waals surface area contributed by atoms with Crippen LogP contribution < -0.4 is 15.4 Å². The Hall–Kier alpha value is -4.30. The third-order valence-electron chi connectivity index (χ3n) is 5.29. The van der Waals surface area contributed by atoms with Gasteiger partial charge in [0, 0.05) is 23.3 Å². The Balaban J connectivity index is 1.50. The number of anilines is 2. The molecule has 1 amide bonds. The molecule has 178 valence electrons. The fourth-order valence-corrected chi connectivity index (χ4v) is 3.40. The smallest absolute Gasteiger partial charge is 0.248 e. The molecular formula is C27H27N5O3. The molecule has 1 atom stereocenters. The first-order valence-electron chi connectivity index (χ1n) is 11.2. The maximum Gasteiger partial charge on any atom is 0.248 e. The highest BCUT2D eigenvalue weighted by Crippen LogP contribution is 2.30. The van der Waals surface area contributed by atoms with E-state index in [9.17, 15) is 9.90 Å². The molecule has 35 heavy (non-hydrogen) atoms. The number of hydrogen-bond donors (Lipinski definition) is 3. The number of hydrogen-bond acceptors (Lipinski definition) is 7. The standard InChI is InChI=1S/C27H27N5O3/c1-17-13-21(8-11-25(17)35-22-9-6-18(2)29-15-22)32-26-23-14-20(7-10-24(23)30-16-31-26)5-4-12-28-27(34)19(3)33/h4-11,13-16,19,33H,12H2,1-3H3,(H,28,34)(H,30,31,32)/b5-4+/t19-/m0/s1. The van der Waals surface area contributed by atoms with Gasteiger partial charge in [-0.2, -0.15) is 0 Å². The van der Waals surface area contributed by atoms with Gasteiger partial charge in [-0.3, -0.25) is 9.78 Å². The summed E-state index contributed by atoms with van der Waals surface area (Å²) >= 11 is 0. The van der Waals surface area contributed by atoms with E-state index in [-0.39, 0.29) is 0 Å². The summed E-state index contributed by atoms with van der Waals surface area (Å²) in [7, 11) is 0. The summed E-state index contributed by atoms with van der Waals surface area (Å²) < 4.78 is 5.97. The second kappa shape index (κ2) is 10.8. The van der Waals surface area contributed by atoms with Gasteiger partial charge in [0.15, 0.2) is 0 Å². The van der Waals surface area contributed by atoms with Crippen molar-refractivity contribution in [1.29, 1.82) is 0 Å². The van der Waals surface area contributed by atoms with Crippen molar-refractivity contribution >= 4 is 34.4 Å². The number of carbonyl (C=O) groups is 1. The van der Waals surface area contributed by atoms with Crippen molar-refractivity contribution in [2.45, 2.75) is 26.9 Å². The highest BCUT2D eigenvalue weighted by atomic mass is 16.5. The molecule has 0 radical (unpaired) electrons. The molecule has 4 aromatic rings. The first-order valence-corrected chi connectivity index (χ1v) is 11.2. The molecule has 2 aromatic heterocycles. The Labute approximate surface area is 203 Å². The number of nitrogens with zero attached hydrogens (tertiary/aromatic N) is 3. The van der Waals surface area contributed by atoms with Gasteiger partial charge in [0.1, 0.15) is 29.7 Å². The quantitative estimate of drug-likeness (QED) is 0.343. The van der Waals surface area contributed by atoms with E-state index >= 15 is 0 Å². The third-order valence-corrected chi connectivity index (χ3v) is 5.29. The summed E-state index contributed by atoms with van der Waals surface area (Å²) in [5, 5.41) is 16.1. The lowest BCUT2D eigenvalue weighted by Gasteiger charge is -2.12. The average Bonchev–Trinajstić information content (AvgIpc) is 2.85. The van der Waals surface area contributed by atoms with Crippen molar-refractivity contribution in [3.05, 3.63) is 84.0 Å². The summed E-state index contributed by atoms with van der Waals surface area (Å²) in [6.45, 7) is 5.68. The van der Waals surface area contributed by atoms with E-state index in [4.69, 9.17) is 4.74 Å². The molecule has 0 saturated carbocycles.